The first-order chi connectivity index (χ1) is 15.8. The van der Waals surface area contributed by atoms with Crippen LogP contribution in [0.4, 0.5) is 13.2 Å². The van der Waals surface area contributed by atoms with Crippen molar-refractivity contribution in [2.75, 3.05) is 0 Å². The lowest BCUT2D eigenvalue weighted by Crippen LogP contribution is -2.17. The Bertz CT molecular complexity index is 1460. The predicted molar refractivity (Wildman–Crippen MR) is 118 cm³/mol. The average Bonchev–Trinajstić information content (AvgIpc) is 3.18. The number of nitrogens with one attached hydrogen (secondary N) is 1. The van der Waals surface area contributed by atoms with E-state index in [1.807, 2.05) is 24.3 Å². The second kappa shape index (κ2) is 7.92. The molecule has 33 heavy (non-hydrogen) atoms. The molecule has 5 rings (SSSR count). The summed E-state index contributed by atoms with van der Waals surface area (Å²) in [6.45, 7) is 0. The molecule has 2 aromatic heterocycles. The van der Waals surface area contributed by atoms with E-state index in [-0.39, 0.29) is 28.0 Å². The SMILES string of the molecule is N#Cc1c(C2CCC(c3ccc(Cl)cc3)CC2)[nH]n2c(=O)c3cc(C(F)(F)F)ccc3nc12. The van der Waals surface area contributed by atoms with Crippen molar-refractivity contribution < 1.29 is 13.2 Å². The third-order valence-corrected chi connectivity index (χ3v) is 6.76. The van der Waals surface area contributed by atoms with Gasteiger partial charge >= 0.3 is 6.18 Å². The zero-order valence-electron chi connectivity index (χ0n) is 17.3. The summed E-state index contributed by atoms with van der Waals surface area (Å²) in [6, 6.07) is 12.8. The highest BCUT2D eigenvalue weighted by atomic mass is 35.5. The molecule has 0 saturated heterocycles. The molecule has 0 atom stereocenters. The molecule has 2 heterocycles. The van der Waals surface area contributed by atoms with E-state index in [1.54, 1.807) is 0 Å². The van der Waals surface area contributed by atoms with Gasteiger partial charge in [-0.15, -0.1) is 0 Å². The summed E-state index contributed by atoms with van der Waals surface area (Å²) in [5.41, 5.74) is 0.804. The molecule has 5 nitrogen and oxygen atoms in total. The third-order valence-electron chi connectivity index (χ3n) is 6.51. The summed E-state index contributed by atoms with van der Waals surface area (Å²) < 4.78 is 40.4. The van der Waals surface area contributed by atoms with Gasteiger partial charge in [-0.05, 0) is 67.5 Å². The molecule has 9 heteroatoms. The fourth-order valence-electron chi connectivity index (χ4n) is 4.79. The number of fused-ring (bicyclic) bond motifs is 2. The van der Waals surface area contributed by atoms with E-state index >= 15 is 0 Å². The quantitative estimate of drug-likeness (QED) is 0.381. The molecule has 168 valence electrons. The van der Waals surface area contributed by atoms with Crippen LogP contribution in [0.25, 0.3) is 16.6 Å². The summed E-state index contributed by atoms with van der Waals surface area (Å²) in [6.07, 6.45) is -1.14. The number of nitriles is 1. The van der Waals surface area contributed by atoms with Crippen molar-refractivity contribution >= 4 is 28.2 Å². The molecule has 4 aromatic rings. The third kappa shape index (κ3) is 3.76. The van der Waals surface area contributed by atoms with Crippen molar-refractivity contribution in [3.63, 3.8) is 0 Å². The highest BCUT2D eigenvalue weighted by molar-refractivity contribution is 6.30. The highest BCUT2D eigenvalue weighted by Crippen LogP contribution is 2.41. The van der Waals surface area contributed by atoms with E-state index in [4.69, 9.17) is 11.6 Å². The molecule has 0 spiro atoms. The number of aromatic nitrogens is 3. The summed E-state index contributed by atoms with van der Waals surface area (Å²) in [5, 5.41) is 13.3. The molecule has 0 bridgehead atoms. The van der Waals surface area contributed by atoms with Gasteiger partial charge in [0.05, 0.1) is 22.2 Å². The van der Waals surface area contributed by atoms with E-state index in [0.717, 1.165) is 42.3 Å². The predicted octanol–water partition coefficient (Wildman–Crippen LogP) is 6.16. The van der Waals surface area contributed by atoms with E-state index < -0.39 is 17.3 Å². The van der Waals surface area contributed by atoms with E-state index in [9.17, 15) is 23.2 Å². The van der Waals surface area contributed by atoms with Gasteiger partial charge in [0.2, 0.25) is 0 Å². The normalized spacial score (nSPS) is 19.1. The molecule has 1 fully saturated rings. The lowest BCUT2D eigenvalue weighted by molar-refractivity contribution is -0.137. The van der Waals surface area contributed by atoms with Crippen LogP contribution in [0.15, 0.2) is 47.3 Å². The van der Waals surface area contributed by atoms with Gasteiger partial charge in [0.15, 0.2) is 5.65 Å². The summed E-state index contributed by atoms with van der Waals surface area (Å²) in [7, 11) is 0. The molecule has 0 radical (unpaired) electrons. The minimum atomic E-state index is -4.57. The van der Waals surface area contributed by atoms with Gasteiger partial charge in [-0.2, -0.15) is 22.9 Å². The van der Waals surface area contributed by atoms with Crippen molar-refractivity contribution in [2.45, 2.75) is 43.7 Å². The Morgan fingerprint density at radius 2 is 1.73 bits per heavy atom. The Morgan fingerprint density at radius 3 is 2.36 bits per heavy atom. The van der Waals surface area contributed by atoms with Crippen molar-refractivity contribution in [1.29, 1.82) is 5.26 Å². The van der Waals surface area contributed by atoms with E-state index in [2.05, 4.69) is 16.2 Å². The fourth-order valence-corrected chi connectivity index (χ4v) is 4.91. The van der Waals surface area contributed by atoms with Gasteiger partial charge < -0.3 is 0 Å². The number of hydrogen-bond donors (Lipinski definition) is 1. The topological polar surface area (TPSA) is 73.9 Å². The standard InChI is InChI=1S/C24H18ClF3N4O/c25-17-8-5-14(6-9-17)13-1-3-15(4-2-13)21-19(12-29)22-30-20-10-7-16(24(26,27)28)11-18(20)23(33)32(22)31-21/h5-11,13,15,31H,1-4H2. The Labute approximate surface area is 191 Å². The Hall–Kier alpha value is -3.31. The van der Waals surface area contributed by atoms with Gasteiger partial charge in [-0.1, -0.05) is 23.7 Å². The zero-order chi connectivity index (χ0) is 23.3. The Balaban J connectivity index is 1.52. The minimum absolute atomic E-state index is 0.0261. The lowest BCUT2D eigenvalue weighted by atomic mass is 9.77. The van der Waals surface area contributed by atoms with Gasteiger partial charge in [0, 0.05) is 10.9 Å². The van der Waals surface area contributed by atoms with Crippen molar-refractivity contribution in [1.82, 2.24) is 14.6 Å². The summed E-state index contributed by atoms with van der Waals surface area (Å²) in [5.74, 6) is 0.413. The smallest absolute Gasteiger partial charge is 0.292 e. The van der Waals surface area contributed by atoms with E-state index in [1.165, 1.54) is 11.6 Å². The highest BCUT2D eigenvalue weighted by Gasteiger charge is 2.32. The Morgan fingerprint density at radius 1 is 1.06 bits per heavy atom. The van der Waals surface area contributed by atoms with Crippen LogP contribution in [0.1, 0.15) is 59.9 Å². The number of hydrogen-bond acceptors (Lipinski definition) is 3. The molecule has 1 aliphatic carbocycles. The maximum absolute atomic E-state index is 13.1. The van der Waals surface area contributed by atoms with Crippen LogP contribution >= 0.6 is 11.6 Å². The number of benzene rings is 2. The largest absolute Gasteiger partial charge is 0.416 e. The molecule has 1 saturated carbocycles. The van der Waals surface area contributed by atoms with Crippen LogP contribution in [-0.4, -0.2) is 14.6 Å². The second-order valence-electron chi connectivity index (χ2n) is 8.42. The number of aromatic amines is 1. The second-order valence-corrected chi connectivity index (χ2v) is 8.85. The molecular weight excluding hydrogens is 453 g/mol. The van der Waals surface area contributed by atoms with Gasteiger partial charge in [0.1, 0.15) is 11.6 Å². The van der Waals surface area contributed by atoms with Crippen LogP contribution in [0.5, 0.6) is 0 Å². The van der Waals surface area contributed by atoms with Gasteiger partial charge in [0.25, 0.3) is 5.56 Å². The molecule has 2 aromatic carbocycles. The first-order valence-corrected chi connectivity index (χ1v) is 10.9. The number of nitrogens with zero attached hydrogens (tertiary/aromatic N) is 3. The summed E-state index contributed by atoms with van der Waals surface area (Å²) >= 11 is 5.98. The first kappa shape index (κ1) is 21.5. The number of rotatable bonds is 2. The Kier molecular flexibility index (Phi) is 5.17. The van der Waals surface area contributed by atoms with Crippen molar-refractivity contribution in [3.8, 4) is 6.07 Å². The van der Waals surface area contributed by atoms with Crippen LogP contribution in [0, 0.1) is 11.3 Å². The van der Waals surface area contributed by atoms with Gasteiger partial charge in [-0.3, -0.25) is 9.89 Å². The van der Waals surface area contributed by atoms with Gasteiger partial charge in [-0.25, -0.2) is 4.98 Å². The van der Waals surface area contributed by atoms with Crippen LogP contribution in [0.2, 0.25) is 5.02 Å². The molecule has 0 amide bonds. The van der Waals surface area contributed by atoms with Crippen LogP contribution in [0.3, 0.4) is 0 Å². The minimum Gasteiger partial charge on any atom is -0.292 e. The maximum Gasteiger partial charge on any atom is 0.416 e. The van der Waals surface area contributed by atoms with Crippen LogP contribution in [-0.2, 0) is 6.18 Å². The number of alkyl halides is 3. The molecular formula is C24H18ClF3N4O. The maximum atomic E-state index is 13.1. The van der Waals surface area contributed by atoms with Crippen molar-refractivity contribution in [2.24, 2.45) is 0 Å². The molecule has 0 unspecified atom stereocenters. The monoisotopic (exact) mass is 470 g/mol. The first-order valence-electron chi connectivity index (χ1n) is 10.6. The van der Waals surface area contributed by atoms with E-state index in [0.29, 0.717) is 16.6 Å². The number of H-pyrrole nitrogens is 1. The molecule has 0 aliphatic heterocycles. The van der Waals surface area contributed by atoms with Crippen LogP contribution < -0.4 is 5.56 Å². The molecule has 1 N–H and O–H groups in total. The fraction of sp³-hybridized carbons (Fsp3) is 0.292. The molecule has 1 aliphatic rings. The number of halogens is 4. The van der Waals surface area contributed by atoms with Crippen molar-refractivity contribution in [3.05, 3.63) is 80.2 Å². The summed E-state index contributed by atoms with van der Waals surface area (Å²) in [4.78, 5) is 17.3. The zero-order valence-corrected chi connectivity index (χ0v) is 18.0. The average molecular weight is 471 g/mol. The lowest BCUT2D eigenvalue weighted by Gasteiger charge is -2.28.